The normalized spacial score (nSPS) is 12.3. The van der Waals surface area contributed by atoms with Crippen molar-refractivity contribution in [2.45, 2.75) is 12.5 Å². The van der Waals surface area contributed by atoms with Gasteiger partial charge in [-0.3, -0.25) is 0 Å². The van der Waals surface area contributed by atoms with Gasteiger partial charge in [-0.05, 0) is 17.2 Å². The highest BCUT2D eigenvalue weighted by Gasteiger charge is 2.27. The molecular formula is C20H17F2Si. The molecule has 0 aliphatic rings. The van der Waals surface area contributed by atoms with Crippen molar-refractivity contribution in [2.24, 2.45) is 0 Å². The maximum Gasteiger partial charge on any atom is 0.129 e. The average Bonchev–Trinajstić information content (AvgIpc) is 2.57. The van der Waals surface area contributed by atoms with Crippen LogP contribution in [0.4, 0.5) is 8.78 Å². The van der Waals surface area contributed by atoms with Crippen LogP contribution in [0.5, 0.6) is 0 Å². The Bertz CT molecular complexity index is 733. The minimum atomic E-state index is -1.23. The third-order valence-electron chi connectivity index (χ3n) is 4.03. The van der Waals surface area contributed by atoms with Crippen LogP contribution in [0.25, 0.3) is 0 Å². The summed E-state index contributed by atoms with van der Waals surface area (Å²) >= 11 is 0. The van der Waals surface area contributed by atoms with Gasteiger partial charge in [0.15, 0.2) is 0 Å². The number of rotatable bonds is 4. The van der Waals surface area contributed by atoms with E-state index >= 15 is 0 Å². The Morgan fingerprint density at radius 2 is 1.26 bits per heavy atom. The van der Waals surface area contributed by atoms with Gasteiger partial charge >= 0.3 is 0 Å². The second kappa shape index (κ2) is 6.88. The summed E-state index contributed by atoms with van der Waals surface area (Å²) in [6.45, 7) is 2.03. The molecule has 0 N–H and O–H groups in total. The van der Waals surface area contributed by atoms with E-state index < -0.39 is 20.4 Å². The first-order valence-electron chi connectivity index (χ1n) is 7.59. The molecule has 115 valence electrons. The molecule has 0 aromatic heterocycles. The van der Waals surface area contributed by atoms with Crippen molar-refractivity contribution < 1.29 is 8.78 Å². The third kappa shape index (κ3) is 3.40. The maximum absolute atomic E-state index is 14.3. The summed E-state index contributed by atoms with van der Waals surface area (Å²) in [5.74, 6) is -1.00. The monoisotopic (exact) mass is 323 g/mol. The third-order valence-corrected chi connectivity index (χ3v) is 7.12. The fourth-order valence-corrected chi connectivity index (χ4v) is 5.89. The first-order chi connectivity index (χ1) is 11.2. The zero-order valence-corrected chi connectivity index (χ0v) is 13.8. The van der Waals surface area contributed by atoms with Gasteiger partial charge < -0.3 is 0 Å². The molecule has 0 nitrogen and oxygen atoms in total. The van der Waals surface area contributed by atoms with Crippen molar-refractivity contribution in [3.8, 4) is 0 Å². The molecule has 0 fully saturated rings. The van der Waals surface area contributed by atoms with Crippen molar-refractivity contribution in [3.05, 3.63) is 96.1 Å². The van der Waals surface area contributed by atoms with E-state index in [1.807, 2.05) is 43.3 Å². The molecule has 3 heteroatoms. The van der Waals surface area contributed by atoms with Crippen LogP contribution in [0.15, 0.2) is 78.9 Å². The summed E-state index contributed by atoms with van der Waals surface area (Å²) < 4.78 is 27.5. The molecule has 0 aliphatic heterocycles. The molecule has 0 spiro atoms. The van der Waals surface area contributed by atoms with Gasteiger partial charge in [0.2, 0.25) is 0 Å². The van der Waals surface area contributed by atoms with Crippen molar-refractivity contribution in [2.75, 3.05) is 0 Å². The minimum absolute atomic E-state index is 0.00889. The molecule has 3 rings (SSSR count). The predicted molar refractivity (Wildman–Crippen MR) is 92.7 cm³/mol. The molecule has 0 bridgehead atoms. The maximum atomic E-state index is 14.3. The Kier molecular flexibility index (Phi) is 4.67. The van der Waals surface area contributed by atoms with E-state index in [2.05, 4.69) is 24.3 Å². The summed E-state index contributed by atoms with van der Waals surface area (Å²) in [6.07, 6.45) is 0. The van der Waals surface area contributed by atoms with Gasteiger partial charge in [0.05, 0.1) is 0 Å². The van der Waals surface area contributed by atoms with Crippen LogP contribution in [0.3, 0.4) is 0 Å². The Labute approximate surface area is 137 Å². The van der Waals surface area contributed by atoms with Crippen LogP contribution in [0, 0.1) is 11.6 Å². The molecule has 3 aromatic carbocycles. The van der Waals surface area contributed by atoms with Crippen LogP contribution in [-0.2, 0) is 0 Å². The van der Waals surface area contributed by atoms with E-state index in [9.17, 15) is 8.78 Å². The summed E-state index contributed by atoms with van der Waals surface area (Å²) in [5, 5.41) is 2.44. The fraction of sp³-hybridized carbons (Fsp3) is 0.100. The Balaban J connectivity index is 2.08. The molecule has 1 radical (unpaired) electrons. The average molecular weight is 323 g/mol. The lowest BCUT2D eigenvalue weighted by atomic mass is 10.1. The highest BCUT2D eigenvalue weighted by molar-refractivity contribution is 6.86. The summed E-state index contributed by atoms with van der Waals surface area (Å²) in [7, 11) is -1.23. The van der Waals surface area contributed by atoms with Crippen molar-refractivity contribution in [3.63, 3.8) is 0 Å². The first-order valence-corrected chi connectivity index (χ1v) is 9.17. The molecule has 1 atom stereocenters. The molecule has 0 saturated carbocycles. The van der Waals surface area contributed by atoms with E-state index in [0.29, 0.717) is 5.56 Å². The molecule has 0 saturated heterocycles. The van der Waals surface area contributed by atoms with Gasteiger partial charge in [-0.25, -0.2) is 8.78 Å². The summed E-state index contributed by atoms with van der Waals surface area (Å²) in [4.78, 5) is 0. The summed E-state index contributed by atoms with van der Waals surface area (Å²) in [6, 6.07) is 24.3. The van der Waals surface area contributed by atoms with Gasteiger partial charge in [-0.15, -0.1) is 0 Å². The van der Waals surface area contributed by atoms with Crippen molar-refractivity contribution >= 4 is 19.2 Å². The van der Waals surface area contributed by atoms with E-state index in [-0.39, 0.29) is 5.54 Å². The largest absolute Gasteiger partial charge is 0.207 e. The lowest BCUT2D eigenvalue weighted by molar-refractivity contribution is 0.572. The second-order valence-electron chi connectivity index (χ2n) is 5.53. The Morgan fingerprint density at radius 1 is 0.739 bits per heavy atom. The number of hydrogen-bond donors (Lipinski definition) is 0. The number of hydrogen-bond acceptors (Lipinski definition) is 0. The van der Waals surface area contributed by atoms with Gasteiger partial charge in [0.1, 0.15) is 20.4 Å². The Morgan fingerprint density at radius 3 is 1.74 bits per heavy atom. The topological polar surface area (TPSA) is 0 Å². The van der Waals surface area contributed by atoms with E-state index in [1.165, 1.54) is 16.4 Å². The zero-order chi connectivity index (χ0) is 16.2. The van der Waals surface area contributed by atoms with E-state index in [1.54, 1.807) is 6.07 Å². The quantitative estimate of drug-likeness (QED) is 0.639. The van der Waals surface area contributed by atoms with Gasteiger partial charge in [-0.2, -0.15) is 0 Å². The van der Waals surface area contributed by atoms with Crippen LogP contribution in [0.1, 0.15) is 18.0 Å². The highest BCUT2D eigenvalue weighted by Crippen LogP contribution is 2.22. The van der Waals surface area contributed by atoms with Crippen LogP contribution >= 0.6 is 0 Å². The SMILES string of the molecule is CC(c1ccc(F)cc1F)[Si](c1ccccc1)c1ccccc1. The van der Waals surface area contributed by atoms with Crippen molar-refractivity contribution in [1.82, 2.24) is 0 Å². The van der Waals surface area contributed by atoms with E-state index in [4.69, 9.17) is 0 Å². The highest BCUT2D eigenvalue weighted by atomic mass is 28.3. The van der Waals surface area contributed by atoms with Crippen LogP contribution < -0.4 is 10.4 Å². The molecule has 3 aromatic rings. The molecular weight excluding hydrogens is 306 g/mol. The Hall–Kier alpha value is -2.26. The summed E-state index contributed by atoms with van der Waals surface area (Å²) in [5.41, 5.74) is 0.568. The van der Waals surface area contributed by atoms with Gasteiger partial charge in [-0.1, -0.05) is 84.0 Å². The minimum Gasteiger partial charge on any atom is -0.207 e. The zero-order valence-electron chi connectivity index (χ0n) is 12.8. The van der Waals surface area contributed by atoms with Gasteiger partial charge in [0.25, 0.3) is 0 Å². The number of benzene rings is 3. The standard InChI is InChI=1S/C20H17F2Si/c1-15(19-13-12-16(21)14-20(19)22)23(17-8-4-2-5-9-17)18-10-6-3-7-11-18/h2-15H,1H3. The molecule has 0 amide bonds. The lowest BCUT2D eigenvalue weighted by Gasteiger charge is -2.24. The smallest absolute Gasteiger partial charge is 0.129 e. The molecule has 1 unspecified atom stereocenters. The van der Waals surface area contributed by atoms with Gasteiger partial charge in [0, 0.05) is 6.07 Å². The number of halogens is 2. The van der Waals surface area contributed by atoms with E-state index in [0.717, 1.165) is 6.07 Å². The molecule has 0 heterocycles. The predicted octanol–water partition coefficient (Wildman–Crippen LogP) is 3.92. The van der Waals surface area contributed by atoms with Crippen molar-refractivity contribution in [1.29, 1.82) is 0 Å². The second-order valence-corrected chi connectivity index (χ2v) is 8.38. The van der Waals surface area contributed by atoms with Crippen LogP contribution in [-0.4, -0.2) is 8.80 Å². The molecule has 0 aliphatic carbocycles. The lowest BCUT2D eigenvalue weighted by Crippen LogP contribution is -2.46. The first kappa shape index (κ1) is 15.6. The fourth-order valence-electron chi connectivity index (χ4n) is 2.91. The molecule has 23 heavy (non-hydrogen) atoms. The van der Waals surface area contributed by atoms with Crippen LogP contribution in [0.2, 0.25) is 0 Å².